The molecule has 3 atom stereocenters. The van der Waals surface area contributed by atoms with Crippen molar-refractivity contribution in [2.24, 2.45) is 5.92 Å². The summed E-state index contributed by atoms with van der Waals surface area (Å²) in [6.45, 7) is 2.53. The molecule has 0 bridgehead atoms. The number of nitrogens with zero attached hydrogens (tertiary/aromatic N) is 1. The summed E-state index contributed by atoms with van der Waals surface area (Å²) in [5, 5.41) is 16.0. The van der Waals surface area contributed by atoms with E-state index in [-0.39, 0.29) is 25.1 Å². The first-order chi connectivity index (χ1) is 17.4. The number of carboxylic acid groups (broad SMARTS) is 1. The SMILES string of the molecule is CN[C@@H](CNC(=O)c1cccc(C(OCCN(C)C(=O)O)c2cccc(Cl)c2)c1)C[C@H]1CCCOC1. The molecule has 0 aliphatic carbocycles. The van der Waals surface area contributed by atoms with Gasteiger partial charge in [-0.05, 0) is 67.6 Å². The highest BCUT2D eigenvalue weighted by Gasteiger charge is 2.21. The second-order valence-electron chi connectivity index (χ2n) is 9.15. The minimum absolute atomic E-state index is 0.160. The highest BCUT2D eigenvalue weighted by atomic mass is 35.5. The molecule has 0 radical (unpaired) electrons. The first-order valence-electron chi connectivity index (χ1n) is 12.3. The van der Waals surface area contributed by atoms with E-state index in [2.05, 4.69) is 10.6 Å². The van der Waals surface area contributed by atoms with Crippen LogP contribution < -0.4 is 10.6 Å². The molecule has 2 amide bonds. The van der Waals surface area contributed by atoms with E-state index in [4.69, 9.17) is 26.2 Å². The number of benzene rings is 2. The molecule has 1 aliphatic heterocycles. The van der Waals surface area contributed by atoms with Crippen LogP contribution in [0.3, 0.4) is 0 Å². The molecular formula is C27H36ClN3O5. The van der Waals surface area contributed by atoms with Gasteiger partial charge in [-0.15, -0.1) is 0 Å². The third-order valence-electron chi connectivity index (χ3n) is 6.43. The summed E-state index contributed by atoms with van der Waals surface area (Å²) in [5.74, 6) is 0.347. The molecule has 1 fully saturated rings. The maximum atomic E-state index is 13.0. The van der Waals surface area contributed by atoms with Gasteiger partial charge >= 0.3 is 6.09 Å². The van der Waals surface area contributed by atoms with Gasteiger partial charge in [0, 0.05) is 50.0 Å². The van der Waals surface area contributed by atoms with Crippen LogP contribution in [0.4, 0.5) is 4.79 Å². The number of carbonyl (C=O) groups excluding carboxylic acids is 1. The second-order valence-corrected chi connectivity index (χ2v) is 9.59. The first kappa shape index (κ1) is 27.9. The van der Waals surface area contributed by atoms with E-state index in [0.717, 1.165) is 48.5 Å². The molecule has 9 heteroatoms. The van der Waals surface area contributed by atoms with E-state index in [1.54, 1.807) is 12.1 Å². The van der Waals surface area contributed by atoms with E-state index in [1.807, 2.05) is 43.4 Å². The number of amides is 2. The van der Waals surface area contributed by atoms with Crippen molar-refractivity contribution in [1.82, 2.24) is 15.5 Å². The molecule has 1 saturated heterocycles. The summed E-state index contributed by atoms with van der Waals surface area (Å²) in [7, 11) is 3.40. The number of ether oxygens (including phenoxy) is 2. The van der Waals surface area contributed by atoms with Gasteiger partial charge in [-0.2, -0.15) is 0 Å². The normalized spacial score (nSPS) is 17.2. The topological polar surface area (TPSA) is 100 Å². The second kappa shape index (κ2) is 14.2. The van der Waals surface area contributed by atoms with Gasteiger partial charge in [0.1, 0.15) is 6.10 Å². The van der Waals surface area contributed by atoms with Crippen LogP contribution in [0.25, 0.3) is 0 Å². The summed E-state index contributed by atoms with van der Waals surface area (Å²) in [6.07, 6.45) is 1.67. The van der Waals surface area contributed by atoms with Crippen molar-refractivity contribution in [1.29, 1.82) is 0 Å². The maximum absolute atomic E-state index is 13.0. The lowest BCUT2D eigenvalue weighted by molar-refractivity contribution is 0.0478. The molecule has 3 N–H and O–H groups in total. The van der Waals surface area contributed by atoms with Crippen LogP contribution >= 0.6 is 11.6 Å². The number of hydrogen-bond donors (Lipinski definition) is 3. The number of carbonyl (C=O) groups is 2. The van der Waals surface area contributed by atoms with Crippen LogP contribution in [-0.2, 0) is 9.47 Å². The maximum Gasteiger partial charge on any atom is 0.407 e. The Morgan fingerprint density at radius 1 is 1.22 bits per heavy atom. The van der Waals surface area contributed by atoms with Crippen molar-refractivity contribution in [3.63, 3.8) is 0 Å². The summed E-state index contributed by atoms with van der Waals surface area (Å²) in [6, 6.07) is 14.8. The average Bonchev–Trinajstić information content (AvgIpc) is 2.89. The van der Waals surface area contributed by atoms with Gasteiger partial charge in [-0.3, -0.25) is 4.79 Å². The van der Waals surface area contributed by atoms with Crippen LogP contribution in [0.5, 0.6) is 0 Å². The van der Waals surface area contributed by atoms with Crippen LogP contribution in [0.1, 0.15) is 46.9 Å². The standard InChI is InChI=1S/C27H36ClN3O5/c1-29-24(14-19-6-5-12-35-18-19)17-30-26(32)22-9-3-7-20(15-22)25(21-8-4-10-23(28)16-21)36-13-11-31(2)27(33)34/h3-4,7-10,15-16,19,24-25,29H,5-6,11-14,17-18H2,1-2H3,(H,30,32)(H,33,34)/t19-,24-,25?/m1/s1. The number of likely N-dealkylation sites (N-methyl/N-ethyl adjacent to an activating group) is 2. The van der Waals surface area contributed by atoms with Crippen LogP contribution in [0.2, 0.25) is 5.02 Å². The molecule has 0 aromatic heterocycles. The third-order valence-corrected chi connectivity index (χ3v) is 6.67. The minimum atomic E-state index is -1.02. The Morgan fingerprint density at radius 2 is 1.97 bits per heavy atom. The predicted octanol–water partition coefficient (Wildman–Crippen LogP) is 4.19. The molecule has 1 heterocycles. The van der Waals surface area contributed by atoms with Crippen LogP contribution in [0.15, 0.2) is 48.5 Å². The fourth-order valence-corrected chi connectivity index (χ4v) is 4.52. The summed E-state index contributed by atoms with van der Waals surface area (Å²) in [4.78, 5) is 25.3. The van der Waals surface area contributed by atoms with E-state index >= 15 is 0 Å². The fraction of sp³-hybridized carbons (Fsp3) is 0.481. The molecule has 2 aromatic rings. The van der Waals surface area contributed by atoms with Gasteiger partial charge < -0.3 is 30.1 Å². The zero-order chi connectivity index (χ0) is 25.9. The minimum Gasteiger partial charge on any atom is -0.465 e. The van der Waals surface area contributed by atoms with Crippen molar-refractivity contribution in [2.75, 3.05) is 47.0 Å². The average molecular weight is 518 g/mol. The Labute approximate surface area is 217 Å². The lowest BCUT2D eigenvalue weighted by Crippen LogP contribution is -2.41. The van der Waals surface area contributed by atoms with Crippen molar-refractivity contribution >= 4 is 23.6 Å². The molecule has 0 saturated carbocycles. The number of halogens is 1. The monoisotopic (exact) mass is 517 g/mol. The predicted molar refractivity (Wildman–Crippen MR) is 140 cm³/mol. The van der Waals surface area contributed by atoms with Crippen molar-refractivity contribution < 1.29 is 24.2 Å². The zero-order valence-corrected chi connectivity index (χ0v) is 21.7. The highest BCUT2D eigenvalue weighted by Crippen LogP contribution is 2.28. The summed E-state index contributed by atoms with van der Waals surface area (Å²) in [5.41, 5.74) is 2.14. The Kier molecular flexibility index (Phi) is 11.0. The van der Waals surface area contributed by atoms with Crippen molar-refractivity contribution in [3.05, 3.63) is 70.2 Å². The summed E-state index contributed by atoms with van der Waals surface area (Å²) < 4.78 is 11.7. The van der Waals surface area contributed by atoms with Crippen LogP contribution in [0, 0.1) is 5.92 Å². The Balaban J connectivity index is 1.68. The Hall–Kier alpha value is -2.65. The molecule has 8 nitrogen and oxygen atoms in total. The van der Waals surface area contributed by atoms with Crippen molar-refractivity contribution in [3.8, 4) is 0 Å². The van der Waals surface area contributed by atoms with E-state index in [1.165, 1.54) is 7.05 Å². The molecular weight excluding hydrogens is 482 g/mol. The van der Waals surface area contributed by atoms with Gasteiger partial charge in [0.05, 0.1) is 6.61 Å². The van der Waals surface area contributed by atoms with Crippen LogP contribution in [-0.4, -0.2) is 75.1 Å². The number of nitrogens with one attached hydrogen (secondary N) is 2. The van der Waals surface area contributed by atoms with Crippen molar-refractivity contribution in [2.45, 2.75) is 31.4 Å². The van der Waals surface area contributed by atoms with Gasteiger partial charge in [-0.25, -0.2) is 4.79 Å². The van der Waals surface area contributed by atoms with E-state index in [0.29, 0.717) is 23.0 Å². The van der Waals surface area contributed by atoms with Gasteiger partial charge in [0.15, 0.2) is 0 Å². The number of rotatable bonds is 12. The first-order valence-corrected chi connectivity index (χ1v) is 12.7. The molecule has 3 rings (SSSR count). The lowest BCUT2D eigenvalue weighted by Gasteiger charge is -2.26. The highest BCUT2D eigenvalue weighted by molar-refractivity contribution is 6.30. The summed E-state index contributed by atoms with van der Waals surface area (Å²) >= 11 is 6.22. The number of hydrogen-bond acceptors (Lipinski definition) is 5. The zero-order valence-electron chi connectivity index (χ0n) is 20.9. The molecule has 1 aliphatic rings. The smallest absolute Gasteiger partial charge is 0.407 e. The quantitative estimate of drug-likeness (QED) is 0.390. The molecule has 36 heavy (non-hydrogen) atoms. The van der Waals surface area contributed by atoms with Gasteiger partial charge in [-0.1, -0.05) is 35.9 Å². The van der Waals surface area contributed by atoms with E-state index < -0.39 is 12.2 Å². The molecule has 1 unspecified atom stereocenters. The third kappa shape index (κ3) is 8.48. The van der Waals surface area contributed by atoms with Gasteiger partial charge in [0.2, 0.25) is 0 Å². The fourth-order valence-electron chi connectivity index (χ4n) is 4.32. The lowest BCUT2D eigenvalue weighted by atomic mass is 9.94. The Bertz CT molecular complexity index is 999. The van der Waals surface area contributed by atoms with Gasteiger partial charge in [0.25, 0.3) is 5.91 Å². The largest absolute Gasteiger partial charge is 0.465 e. The molecule has 196 valence electrons. The molecule has 0 spiro atoms. The molecule has 2 aromatic carbocycles. The Morgan fingerprint density at radius 3 is 2.64 bits per heavy atom. The van der Waals surface area contributed by atoms with E-state index in [9.17, 15) is 9.59 Å².